The summed E-state index contributed by atoms with van der Waals surface area (Å²) in [6.07, 6.45) is 5.90. The third kappa shape index (κ3) is 2.69. The number of nitrogens with zero attached hydrogens (tertiary/aromatic N) is 2. The quantitative estimate of drug-likeness (QED) is 0.833. The van der Waals surface area contributed by atoms with Crippen molar-refractivity contribution in [3.8, 4) is 0 Å². The molecule has 0 unspecified atom stereocenters. The number of rotatable bonds is 4. The third-order valence-corrected chi connectivity index (χ3v) is 3.69. The summed E-state index contributed by atoms with van der Waals surface area (Å²) >= 11 is 0. The van der Waals surface area contributed by atoms with Gasteiger partial charge in [-0.25, -0.2) is 18.1 Å². The van der Waals surface area contributed by atoms with E-state index in [0.717, 1.165) is 11.1 Å². The Labute approximate surface area is 99.2 Å². The van der Waals surface area contributed by atoms with Gasteiger partial charge in [0.15, 0.2) is 5.03 Å². The number of sulfonamides is 1. The fourth-order valence-electron chi connectivity index (χ4n) is 1.32. The van der Waals surface area contributed by atoms with Crippen LogP contribution in [0.25, 0.3) is 0 Å². The summed E-state index contributed by atoms with van der Waals surface area (Å²) in [6.45, 7) is 2.11. The monoisotopic (exact) mass is 252 g/mol. The maximum Gasteiger partial charge on any atom is 0.257 e. The highest BCUT2D eigenvalue weighted by Crippen LogP contribution is 2.07. The highest BCUT2D eigenvalue weighted by Gasteiger charge is 2.15. The molecule has 0 aromatic carbocycles. The van der Waals surface area contributed by atoms with E-state index >= 15 is 0 Å². The molecular formula is C10H12N4O2S. The zero-order valence-corrected chi connectivity index (χ0v) is 10.0. The molecule has 0 amide bonds. The molecular weight excluding hydrogens is 240 g/mol. The summed E-state index contributed by atoms with van der Waals surface area (Å²) in [5, 5.41) is 0.0547. The van der Waals surface area contributed by atoms with Gasteiger partial charge in [-0.15, -0.1) is 0 Å². The summed E-state index contributed by atoms with van der Waals surface area (Å²) in [4.78, 5) is 10.2. The molecule has 0 spiro atoms. The number of hydrogen-bond donors (Lipinski definition) is 2. The molecule has 2 heterocycles. The molecule has 2 aromatic rings. The highest BCUT2D eigenvalue weighted by atomic mass is 32.2. The first-order valence-corrected chi connectivity index (χ1v) is 6.45. The van der Waals surface area contributed by atoms with Gasteiger partial charge in [0.2, 0.25) is 0 Å². The Morgan fingerprint density at radius 3 is 2.82 bits per heavy atom. The molecule has 7 heteroatoms. The molecule has 0 aliphatic rings. The molecule has 17 heavy (non-hydrogen) atoms. The number of aromatic nitrogens is 3. The van der Waals surface area contributed by atoms with Gasteiger partial charge < -0.3 is 4.98 Å². The Bertz CT molecular complexity index is 593. The first-order valence-electron chi connectivity index (χ1n) is 4.97. The van der Waals surface area contributed by atoms with Gasteiger partial charge in [0.05, 0.1) is 12.5 Å². The van der Waals surface area contributed by atoms with Crippen molar-refractivity contribution in [3.05, 3.63) is 42.1 Å². The lowest BCUT2D eigenvalue weighted by Crippen LogP contribution is -2.24. The van der Waals surface area contributed by atoms with Crippen molar-refractivity contribution < 1.29 is 8.42 Å². The minimum absolute atomic E-state index is 0.0547. The number of imidazole rings is 1. The van der Waals surface area contributed by atoms with E-state index < -0.39 is 10.0 Å². The van der Waals surface area contributed by atoms with Gasteiger partial charge in [0, 0.05) is 18.9 Å². The number of hydrogen-bond acceptors (Lipinski definition) is 4. The van der Waals surface area contributed by atoms with E-state index in [9.17, 15) is 8.42 Å². The molecule has 0 fully saturated rings. The summed E-state index contributed by atoms with van der Waals surface area (Å²) in [5.74, 6) is 0. The van der Waals surface area contributed by atoms with Crippen LogP contribution in [-0.4, -0.2) is 23.4 Å². The zero-order valence-electron chi connectivity index (χ0n) is 9.21. The Hall–Kier alpha value is -1.73. The molecule has 2 N–H and O–H groups in total. The average Bonchev–Trinajstić information content (AvgIpc) is 2.82. The Morgan fingerprint density at radius 2 is 2.18 bits per heavy atom. The maximum atomic E-state index is 11.8. The normalized spacial score (nSPS) is 11.6. The zero-order chi connectivity index (χ0) is 12.3. The van der Waals surface area contributed by atoms with Gasteiger partial charge >= 0.3 is 0 Å². The smallest absolute Gasteiger partial charge is 0.257 e. The maximum absolute atomic E-state index is 11.8. The van der Waals surface area contributed by atoms with Gasteiger partial charge in [-0.2, -0.15) is 0 Å². The van der Waals surface area contributed by atoms with E-state index in [4.69, 9.17) is 0 Å². The molecule has 2 aromatic heterocycles. The number of pyridine rings is 1. The molecule has 90 valence electrons. The van der Waals surface area contributed by atoms with E-state index in [1.165, 1.54) is 12.5 Å². The van der Waals surface area contributed by atoms with Gasteiger partial charge in [-0.1, -0.05) is 0 Å². The molecule has 0 aliphatic heterocycles. The second-order valence-corrected chi connectivity index (χ2v) is 5.28. The molecule has 0 atom stereocenters. The number of H-pyrrole nitrogens is 1. The SMILES string of the molecule is Cc1ccncc1CNS(=O)(=O)c1cnc[nH]1. The van der Waals surface area contributed by atoms with E-state index in [0.29, 0.717) is 0 Å². The average molecular weight is 252 g/mol. The van der Waals surface area contributed by atoms with Crippen LogP contribution in [0.3, 0.4) is 0 Å². The van der Waals surface area contributed by atoms with Crippen LogP contribution in [-0.2, 0) is 16.6 Å². The van der Waals surface area contributed by atoms with Crippen LogP contribution in [0, 0.1) is 6.92 Å². The molecule has 0 saturated heterocycles. The second-order valence-electron chi connectivity index (χ2n) is 3.54. The molecule has 0 radical (unpaired) electrons. The Morgan fingerprint density at radius 1 is 1.35 bits per heavy atom. The first-order chi connectivity index (χ1) is 8.09. The van der Waals surface area contributed by atoms with Crippen LogP contribution < -0.4 is 4.72 Å². The number of aromatic amines is 1. The minimum atomic E-state index is -3.53. The molecule has 2 rings (SSSR count). The van der Waals surface area contributed by atoms with E-state index in [1.54, 1.807) is 12.4 Å². The van der Waals surface area contributed by atoms with Crippen molar-refractivity contribution in [2.75, 3.05) is 0 Å². The molecule has 0 aliphatic carbocycles. The minimum Gasteiger partial charge on any atom is -0.335 e. The lowest BCUT2D eigenvalue weighted by molar-refractivity contribution is 0.578. The fraction of sp³-hybridized carbons (Fsp3) is 0.200. The summed E-state index contributed by atoms with van der Waals surface area (Å²) in [6, 6.07) is 1.83. The third-order valence-electron chi connectivity index (χ3n) is 2.36. The van der Waals surface area contributed by atoms with Crippen LogP contribution in [0.2, 0.25) is 0 Å². The van der Waals surface area contributed by atoms with Crippen molar-refractivity contribution in [1.82, 2.24) is 19.7 Å². The number of nitrogens with one attached hydrogen (secondary N) is 2. The van der Waals surface area contributed by atoms with Crippen LogP contribution in [0.4, 0.5) is 0 Å². The van der Waals surface area contributed by atoms with E-state index in [2.05, 4.69) is 19.7 Å². The topological polar surface area (TPSA) is 87.7 Å². The van der Waals surface area contributed by atoms with Crippen molar-refractivity contribution >= 4 is 10.0 Å². The lowest BCUT2D eigenvalue weighted by atomic mass is 10.2. The van der Waals surface area contributed by atoms with Crippen LogP contribution in [0.15, 0.2) is 36.0 Å². The number of aryl methyl sites for hydroxylation is 1. The summed E-state index contributed by atoms with van der Waals surface area (Å²) < 4.78 is 26.0. The standard InChI is InChI=1S/C10H12N4O2S/c1-8-2-3-11-4-9(8)5-14-17(15,16)10-6-12-7-13-10/h2-4,6-7,14H,5H2,1H3,(H,12,13). The van der Waals surface area contributed by atoms with Gasteiger partial charge in [0.25, 0.3) is 10.0 Å². The van der Waals surface area contributed by atoms with Crippen molar-refractivity contribution in [2.45, 2.75) is 18.5 Å². The van der Waals surface area contributed by atoms with Crippen LogP contribution in [0.1, 0.15) is 11.1 Å². The summed E-state index contributed by atoms with van der Waals surface area (Å²) in [7, 11) is -3.53. The molecule has 0 bridgehead atoms. The Balaban J connectivity index is 2.12. The van der Waals surface area contributed by atoms with E-state index in [-0.39, 0.29) is 11.6 Å². The van der Waals surface area contributed by atoms with Gasteiger partial charge in [-0.05, 0) is 24.1 Å². The van der Waals surface area contributed by atoms with Crippen molar-refractivity contribution in [1.29, 1.82) is 0 Å². The first kappa shape index (κ1) is 11.7. The molecule has 0 saturated carbocycles. The van der Waals surface area contributed by atoms with Crippen molar-refractivity contribution in [3.63, 3.8) is 0 Å². The highest BCUT2D eigenvalue weighted by molar-refractivity contribution is 7.89. The lowest BCUT2D eigenvalue weighted by Gasteiger charge is -2.06. The van der Waals surface area contributed by atoms with Crippen LogP contribution in [0.5, 0.6) is 0 Å². The van der Waals surface area contributed by atoms with Gasteiger partial charge in [0.1, 0.15) is 0 Å². The van der Waals surface area contributed by atoms with Crippen molar-refractivity contribution in [2.24, 2.45) is 0 Å². The second kappa shape index (κ2) is 4.64. The Kier molecular flexibility index (Phi) is 3.21. The van der Waals surface area contributed by atoms with E-state index in [1.807, 2.05) is 13.0 Å². The van der Waals surface area contributed by atoms with Crippen LogP contribution >= 0.6 is 0 Å². The largest absolute Gasteiger partial charge is 0.335 e. The predicted molar refractivity (Wildman–Crippen MR) is 61.6 cm³/mol. The molecule has 6 nitrogen and oxygen atoms in total. The predicted octanol–water partition coefficient (Wildman–Crippen LogP) is 0.592. The summed E-state index contributed by atoms with van der Waals surface area (Å²) in [5.41, 5.74) is 1.84. The fourth-order valence-corrected chi connectivity index (χ4v) is 2.23. The van der Waals surface area contributed by atoms with Gasteiger partial charge in [-0.3, -0.25) is 4.98 Å².